The number of anilines is 1. The molecule has 0 radical (unpaired) electrons. The molecule has 1 heterocycles. The molecule has 0 aliphatic heterocycles. The van der Waals surface area contributed by atoms with Crippen molar-refractivity contribution >= 4 is 17.6 Å². The lowest BCUT2D eigenvalue weighted by molar-refractivity contribution is 0.0526. The quantitative estimate of drug-likeness (QED) is 0.871. The lowest BCUT2D eigenvalue weighted by atomic mass is 10.2. The number of carbonyl (C=O) groups excluding carboxylic acids is 2. The predicted molar refractivity (Wildman–Crippen MR) is 77.1 cm³/mol. The highest BCUT2D eigenvalue weighted by Gasteiger charge is 2.09. The molecule has 2 aromatic rings. The van der Waals surface area contributed by atoms with Crippen LogP contribution in [0.25, 0.3) is 0 Å². The fourth-order valence-corrected chi connectivity index (χ4v) is 1.61. The third kappa shape index (κ3) is 3.85. The zero-order valence-corrected chi connectivity index (χ0v) is 11.8. The molecule has 1 amide bonds. The second-order valence-electron chi connectivity index (χ2n) is 4.29. The van der Waals surface area contributed by atoms with Crippen molar-refractivity contribution < 1.29 is 14.3 Å². The fourth-order valence-electron chi connectivity index (χ4n) is 1.61. The van der Waals surface area contributed by atoms with Gasteiger partial charge in [0.2, 0.25) is 0 Å². The van der Waals surface area contributed by atoms with Gasteiger partial charge in [0.05, 0.1) is 24.1 Å². The number of esters is 1. The van der Waals surface area contributed by atoms with Gasteiger partial charge < -0.3 is 10.1 Å². The van der Waals surface area contributed by atoms with Gasteiger partial charge in [-0.3, -0.25) is 9.78 Å². The van der Waals surface area contributed by atoms with Crippen LogP contribution in [0.5, 0.6) is 0 Å². The van der Waals surface area contributed by atoms with E-state index >= 15 is 0 Å². The smallest absolute Gasteiger partial charge is 0.338 e. The zero-order valence-electron chi connectivity index (χ0n) is 11.8. The number of aryl methyl sites for hydroxylation is 1. The van der Waals surface area contributed by atoms with Gasteiger partial charge in [-0.1, -0.05) is 0 Å². The van der Waals surface area contributed by atoms with E-state index in [0.717, 1.165) is 5.69 Å². The molecule has 6 nitrogen and oxygen atoms in total. The lowest BCUT2D eigenvalue weighted by Crippen LogP contribution is -2.14. The van der Waals surface area contributed by atoms with Gasteiger partial charge >= 0.3 is 5.97 Å². The first-order valence-electron chi connectivity index (χ1n) is 6.47. The Balaban J connectivity index is 2.04. The van der Waals surface area contributed by atoms with Crippen molar-refractivity contribution in [1.82, 2.24) is 9.97 Å². The molecule has 21 heavy (non-hydrogen) atoms. The molecule has 2 rings (SSSR count). The minimum Gasteiger partial charge on any atom is -0.462 e. The summed E-state index contributed by atoms with van der Waals surface area (Å²) < 4.78 is 4.88. The Morgan fingerprint density at radius 2 is 1.86 bits per heavy atom. The van der Waals surface area contributed by atoms with Crippen molar-refractivity contribution in [3.63, 3.8) is 0 Å². The lowest BCUT2D eigenvalue weighted by Gasteiger charge is -2.06. The molecule has 0 atom stereocenters. The first-order valence-corrected chi connectivity index (χ1v) is 6.47. The molecular weight excluding hydrogens is 270 g/mol. The number of hydrogen-bond donors (Lipinski definition) is 1. The Bertz CT molecular complexity index is 636. The number of rotatable bonds is 4. The normalized spacial score (nSPS) is 10.0. The molecule has 108 valence electrons. The van der Waals surface area contributed by atoms with E-state index in [-0.39, 0.29) is 17.6 Å². The van der Waals surface area contributed by atoms with Crippen LogP contribution in [0.3, 0.4) is 0 Å². The van der Waals surface area contributed by atoms with E-state index in [0.29, 0.717) is 17.9 Å². The van der Waals surface area contributed by atoms with Crippen LogP contribution in [0, 0.1) is 6.92 Å². The van der Waals surface area contributed by atoms with E-state index in [4.69, 9.17) is 4.74 Å². The van der Waals surface area contributed by atoms with Gasteiger partial charge in [-0.25, -0.2) is 9.78 Å². The number of hydrogen-bond acceptors (Lipinski definition) is 5. The standard InChI is InChI=1S/C15H15N3O3/c1-3-21-15(20)11-4-6-12(7-5-11)18-14(19)13-9-16-10(2)8-17-13/h4-9H,3H2,1-2H3,(H,18,19). The maximum absolute atomic E-state index is 11.9. The molecule has 1 N–H and O–H groups in total. The summed E-state index contributed by atoms with van der Waals surface area (Å²) in [6, 6.07) is 6.44. The zero-order chi connectivity index (χ0) is 15.2. The number of nitrogens with zero attached hydrogens (tertiary/aromatic N) is 2. The largest absolute Gasteiger partial charge is 0.462 e. The molecule has 0 unspecified atom stereocenters. The average Bonchev–Trinajstić information content (AvgIpc) is 2.49. The summed E-state index contributed by atoms with van der Waals surface area (Å²) in [6.45, 7) is 3.86. The van der Waals surface area contributed by atoms with Crippen LogP contribution in [0.1, 0.15) is 33.5 Å². The fraction of sp³-hybridized carbons (Fsp3) is 0.200. The summed E-state index contributed by atoms with van der Waals surface area (Å²) in [5.74, 6) is -0.744. The molecule has 6 heteroatoms. The molecule has 1 aromatic heterocycles. The maximum Gasteiger partial charge on any atom is 0.338 e. The Kier molecular flexibility index (Phi) is 4.61. The summed E-state index contributed by atoms with van der Waals surface area (Å²) in [4.78, 5) is 31.5. The van der Waals surface area contributed by atoms with Crippen LogP contribution >= 0.6 is 0 Å². The number of benzene rings is 1. The van der Waals surface area contributed by atoms with Crippen molar-refractivity contribution in [3.05, 3.63) is 53.6 Å². The van der Waals surface area contributed by atoms with Crippen molar-refractivity contribution in [1.29, 1.82) is 0 Å². The van der Waals surface area contributed by atoms with Gasteiger partial charge in [-0.15, -0.1) is 0 Å². The van der Waals surface area contributed by atoms with Crippen LogP contribution in [0.4, 0.5) is 5.69 Å². The minimum atomic E-state index is -0.389. The van der Waals surface area contributed by atoms with Gasteiger partial charge in [0.25, 0.3) is 5.91 Å². The summed E-state index contributed by atoms with van der Waals surface area (Å²) in [5.41, 5.74) is 1.97. The SMILES string of the molecule is CCOC(=O)c1ccc(NC(=O)c2cnc(C)cn2)cc1. The second kappa shape index (κ2) is 6.60. The topological polar surface area (TPSA) is 81.2 Å². The monoisotopic (exact) mass is 285 g/mol. The highest BCUT2D eigenvalue weighted by Crippen LogP contribution is 2.11. The molecule has 1 aromatic carbocycles. The van der Waals surface area contributed by atoms with Crippen molar-refractivity contribution in [2.24, 2.45) is 0 Å². The minimum absolute atomic E-state index is 0.232. The number of carbonyl (C=O) groups is 2. The Morgan fingerprint density at radius 1 is 1.14 bits per heavy atom. The first kappa shape index (κ1) is 14.6. The van der Waals surface area contributed by atoms with E-state index in [1.807, 2.05) is 0 Å². The second-order valence-corrected chi connectivity index (χ2v) is 4.29. The molecule has 0 spiro atoms. The molecule has 0 fully saturated rings. The average molecular weight is 285 g/mol. The summed E-state index contributed by atoms with van der Waals surface area (Å²) in [6.07, 6.45) is 2.94. The summed E-state index contributed by atoms with van der Waals surface area (Å²) >= 11 is 0. The van der Waals surface area contributed by atoms with Crippen LogP contribution in [0.15, 0.2) is 36.7 Å². The number of aromatic nitrogens is 2. The van der Waals surface area contributed by atoms with Gasteiger partial charge in [0, 0.05) is 11.9 Å². The van der Waals surface area contributed by atoms with Crippen LogP contribution in [0.2, 0.25) is 0 Å². The third-order valence-electron chi connectivity index (χ3n) is 2.67. The van der Waals surface area contributed by atoms with Crippen LogP contribution < -0.4 is 5.32 Å². The number of nitrogens with one attached hydrogen (secondary N) is 1. The van der Waals surface area contributed by atoms with Gasteiger partial charge in [-0.05, 0) is 38.1 Å². The highest BCUT2D eigenvalue weighted by molar-refractivity contribution is 6.02. The molecule has 0 saturated carbocycles. The van der Waals surface area contributed by atoms with Gasteiger partial charge in [-0.2, -0.15) is 0 Å². The van der Waals surface area contributed by atoms with E-state index in [9.17, 15) is 9.59 Å². The molecule has 0 aliphatic carbocycles. The summed E-state index contributed by atoms with van der Waals surface area (Å²) in [5, 5.41) is 2.68. The third-order valence-corrected chi connectivity index (χ3v) is 2.67. The Labute approximate surface area is 122 Å². The van der Waals surface area contributed by atoms with Crippen molar-refractivity contribution in [2.45, 2.75) is 13.8 Å². The van der Waals surface area contributed by atoms with Crippen LogP contribution in [-0.4, -0.2) is 28.5 Å². The Hall–Kier alpha value is -2.76. The van der Waals surface area contributed by atoms with E-state index in [1.165, 1.54) is 12.4 Å². The van der Waals surface area contributed by atoms with E-state index in [2.05, 4.69) is 15.3 Å². The van der Waals surface area contributed by atoms with E-state index < -0.39 is 0 Å². The molecular formula is C15H15N3O3. The van der Waals surface area contributed by atoms with E-state index in [1.54, 1.807) is 38.1 Å². The molecule has 0 saturated heterocycles. The van der Waals surface area contributed by atoms with Crippen LogP contribution in [-0.2, 0) is 4.74 Å². The first-order chi connectivity index (χ1) is 10.1. The number of amides is 1. The summed E-state index contributed by atoms with van der Waals surface area (Å²) in [7, 11) is 0. The van der Waals surface area contributed by atoms with Gasteiger partial charge in [0.15, 0.2) is 0 Å². The van der Waals surface area contributed by atoms with Crippen molar-refractivity contribution in [2.75, 3.05) is 11.9 Å². The van der Waals surface area contributed by atoms with Crippen molar-refractivity contribution in [3.8, 4) is 0 Å². The molecule has 0 aliphatic rings. The molecule has 0 bridgehead atoms. The Morgan fingerprint density at radius 3 is 2.43 bits per heavy atom. The number of ether oxygens (including phenoxy) is 1. The predicted octanol–water partition coefficient (Wildman–Crippen LogP) is 2.21. The van der Waals surface area contributed by atoms with Gasteiger partial charge in [0.1, 0.15) is 5.69 Å². The maximum atomic E-state index is 11.9. The highest BCUT2D eigenvalue weighted by atomic mass is 16.5.